The van der Waals surface area contributed by atoms with Gasteiger partial charge in [-0.2, -0.15) is 0 Å². The number of nitro benzene ring substituents is 1. The van der Waals surface area contributed by atoms with Crippen LogP contribution in [0.2, 0.25) is 0 Å². The van der Waals surface area contributed by atoms with E-state index in [1.165, 1.54) is 6.07 Å². The van der Waals surface area contributed by atoms with Gasteiger partial charge in [0.25, 0.3) is 5.69 Å². The molecule has 0 radical (unpaired) electrons. The molecule has 0 aliphatic heterocycles. The van der Waals surface area contributed by atoms with E-state index in [0.29, 0.717) is 5.56 Å². The Morgan fingerprint density at radius 3 is 2.33 bits per heavy atom. The maximum Gasteiger partial charge on any atom is 0.272 e. The average Bonchev–Trinajstić information content (AvgIpc) is 2.40. The van der Waals surface area contributed by atoms with Gasteiger partial charge in [0.2, 0.25) is 0 Å². The van der Waals surface area contributed by atoms with E-state index in [2.05, 4.69) is 0 Å². The van der Waals surface area contributed by atoms with E-state index < -0.39 is 11.0 Å². The van der Waals surface area contributed by atoms with Crippen molar-refractivity contribution in [1.29, 1.82) is 0 Å². The Hall–Kier alpha value is -2.20. The van der Waals surface area contributed by atoms with Crippen LogP contribution in [0.15, 0.2) is 54.6 Å². The molecule has 2 aromatic rings. The fraction of sp³-hybridized carbons (Fsp3) is 0.143. The molecule has 0 aromatic heterocycles. The van der Waals surface area contributed by atoms with E-state index in [1.807, 2.05) is 18.2 Å². The number of nitro groups is 1. The molecular formula is C14H13NO3. The van der Waals surface area contributed by atoms with Gasteiger partial charge in [0.1, 0.15) is 0 Å². The highest BCUT2D eigenvalue weighted by Gasteiger charge is 2.16. The van der Waals surface area contributed by atoms with Crippen molar-refractivity contribution >= 4 is 5.69 Å². The third-order valence-corrected chi connectivity index (χ3v) is 2.79. The van der Waals surface area contributed by atoms with Crippen molar-refractivity contribution in [3.63, 3.8) is 0 Å². The predicted octanol–water partition coefficient (Wildman–Crippen LogP) is 2.87. The third kappa shape index (κ3) is 2.73. The van der Waals surface area contributed by atoms with Crippen molar-refractivity contribution in [3.05, 3.63) is 75.8 Å². The van der Waals surface area contributed by atoms with E-state index in [4.69, 9.17) is 0 Å². The highest BCUT2D eigenvalue weighted by molar-refractivity contribution is 5.40. The second-order valence-corrected chi connectivity index (χ2v) is 4.02. The first-order valence-corrected chi connectivity index (χ1v) is 5.64. The molecular weight excluding hydrogens is 230 g/mol. The Morgan fingerprint density at radius 2 is 1.67 bits per heavy atom. The van der Waals surface area contributed by atoms with Gasteiger partial charge in [0.05, 0.1) is 11.0 Å². The molecule has 0 bridgehead atoms. The van der Waals surface area contributed by atoms with E-state index in [-0.39, 0.29) is 12.1 Å². The van der Waals surface area contributed by atoms with Crippen LogP contribution in [0.5, 0.6) is 0 Å². The zero-order valence-corrected chi connectivity index (χ0v) is 9.69. The van der Waals surface area contributed by atoms with Crippen LogP contribution in [0.3, 0.4) is 0 Å². The van der Waals surface area contributed by atoms with Crippen molar-refractivity contribution in [2.75, 3.05) is 0 Å². The number of nitrogens with zero attached hydrogens (tertiary/aromatic N) is 1. The zero-order chi connectivity index (χ0) is 13.0. The summed E-state index contributed by atoms with van der Waals surface area (Å²) in [6.45, 7) is 0. The first-order valence-electron chi connectivity index (χ1n) is 5.64. The summed E-state index contributed by atoms with van der Waals surface area (Å²) in [6, 6.07) is 15.6. The molecule has 2 rings (SSSR count). The Morgan fingerprint density at radius 1 is 1.06 bits per heavy atom. The summed E-state index contributed by atoms with van der Waals surface area (Å²) >= 11 is 0. The van der Waals surface area contributed by atoms with Gasteiger partial charge in [-0.15, -0.1) is 0 Å². The zero-order valence-electron chi connectivity index (χ0n) is 9.69. The van der Waals surface area contributed by atoms with Gasteiger partial charge in [0, 0.05) is 18.1 Å². The fourth-order valence-electron chi connectivity index (χ4n) is 1.86. The lowest BCUT2D eigenvalue weighted by Crippen LogP contribution is -2.04. The largest absolute Gasteiger partial charge is 0.388 e. The molecule has 0 saturated carbocycles. The first-order chi connectivity index (χ1) is 8.68. The molecule has 0 amide bonds. The van der Waals surface area contributed by atoms with Crippen molar-refractivity contribution in [2.24, 2.45) is 0 Å². The normalized spacial score (nSPS) is 12.1. The average molecular weight is 243 g/mol. The molecule has 1 atom stereocenters. The van der Waals surface area contributed by atoms with E-state index >= 15 is 0 Å². The molecule has 0 aliphatic rings. The summed E-state index contributed by atoms with van der Waals surface area (Å²) in [4.78, 5) is 10.4. The molecule has 0 unspecified atom stereocenters. The van der Waals surface area contributed by atoms with Crippen LogP contribution in [-0.4, -0.2) is 10.0 Å². The summed E-state index contributed by atoms with van der Waals surface area (Å²) in [5.41, 5.74) is 1.35. The van der Waals surface area contributed by atoms with Crippen LogP contribution in [0.1, 0.15) is 17.2 Å². The Bertz CT molecular complexity index is 540. The molecule has 0 saturated heterocycles. The fourth-order valence-corrected chi connectivity index (χ4v) is 1.86. The third-order valence-electron chi connectivity index (χ3n) is 2.79. The molecule has 4 heteroatoms. The van der Waals surface area contributed by atoms with E-state index in [1.54, 1.807) is 30.3 Å². The second-order valence-electron chi connectivity index (χ2n) is 4.02. The van der Waals surface area contributed by atoms with Gasteiger partial charge in [-0.1, -0.05) is 48.5 Å². The summed E-state index contributed by atoms with van der Waals surface area (Å²) in [5, 5.41) is 20.9. The maximum atomic E-state index is 10.9. The van der Waals surface area contributed by atoms with E-state index in [0.717, 1.165) is 5.56 Å². The lowest BCUT2D eigenvalue weighted by molar-refractivity contribution is -0.385. The van der Waals surface area contributed by atoms with Gasteiger partial charge < -0.3 is 5.11 Å². The minimum Gasteiger partial charge on any atom is -0.388 e. The number of para-hydroxylation sites is 1. The first kappa shape index (κ1) is 12.3. The highest BCUT2D eigenvalue weighted by atomic mass is 16.6. The molecule has 0 fully saturated rings. The van der Waals surface area contributed by atoms with Gasteiger partial charge in [-0.05, 0) is 5.56 Å². The predicted molar refractivity (Wildman–Crippen MR) is 68.2 cm³/mol. The lowest BCUT2D eigenvalue weighted by Gasteiger charge is -2.10. The van der Waals surface area contributed by atoms with Crippen LogP contribution >= 0.6 is 0 Å². The number of aliphatic hydroxyl groups is 1. The van der Waals surface area contributed by atoms with Gasteiger partial charge in [0.15, 0.2) is 0 Å². The topological polar surface area (TPSA) is 63.4 Å². The summed E-state index contributed by atoms with van der Waals surface area (Å²) in [5.74, 6) is 0. The number of aliphatic hydroxyl groups excluding tert-OH is 1. The molecule has 2 aromatic carbocycles. The number of hydrogen-bond donors (Lipinski definition) is 1. The molecule has 0 aliphatic carbocycles. The second kappa shape index (κ2) is 5.42. The highest BCUT2D eigenvalue weighted by Crippen LogP contribution is 2.24. The minimum atomic E-state index is -0.729. The lowest BCUT2D eigenvalue weighted by atomic mass is 10.0. The SMILES string of the molecule is O=[N+]([O-])c1ccccc1C[C@@H](O)c1ccccc1. The van der Waals surface area contributed by atoms with Crippen LogP contribution < -0.4 is 0 Å². The van der Waals surface area contributed by atoms with Crippen LogP contribution in [0.4, 0.5) is 5.69 Å². The number of hydrogen-bond acceptors (Lipinski definition) is 3. The molecule has 0 heterocycles. The quantitative estimate of drug-likeness (QED) is 0.663. The van der Waals surface area contributed by atoms with Crippen molar-refractivity contribution in [3.8, 4) is 0 Å². The van der Waals surface area contributed by atoms with Gasteiger partial charge in [-0.25, -0.2) is 0 Å². The Kier molecular flexibility index (Phi) is 3.69. The molecule has 1 N–H and O–H groups in total. The van der Waals surface area contributed by atoms with Crippen molar-refractivity contribution < 1.29 is 10.0 Å². The van der Waals surface area contributed by atoms with Crippen LogP contribution in [0.25, 0.3) is 0 Å². The van der Waals surface area contributed by atoms with Crippen LogP contribution in [-0.2, 0) is 6.42 Å². The molecule has 92 valence electrons. The molecule has 4 nitrogen and oxygen atoms in total. The molecule has 0 spiro atoms. The Balaban J connectivity index is 2.22. The summed E-state index contributed by atoms with van der Waals surface area (Å²) in [6.07, 6.45) is -0.492. The number of benzene rings is 2. The summed E-state index contributed by atoms with van der Waals surface area (Å²) in [7, 11) is 0. The van der Waals surface area contributed by atoms with Gasteiger partial charge >= 0.3 is 0 Å². The smallest absolute Gasteiger partial charge is 0.272 e. The number of rotatable bonds is 4. The molecule has 18 heavy (non-hydrogen) atoms. The van der Waals surface area contributed by atoms with Gasteiger partial charge in [-0.3, -0.25) is 10.1 Å². The summed E-state index contributed by atoms with van der Waals surface area (Å²) < 4.78 is 0. The standard InChI is InChI=1S/C14H13NO3/c16-14(11-6-2-1-3-7-11)10-12-8-4-5-9-13(12)15(17)18/h1-9,14,16H,10H2/t14-/m1/s1. The van der Waals surface area contributed by atoms with Crippen LogP contribution in [0, 0.1) is 10.1 Å². The van der Waals surface area contributed by atoms with Crippen molar-refractivity contribution in [1.82, 2.24) is 0 Å². The maximum absolute atomic E-state index is 10.9. The minimum absolute atomic E-state index is 0.0486. The van der Waals surface area contributed by atoms with E-state index in [9.17, 15) is 15.2 Å². The Labute approximate surface area is 105 Å². The monoisotopic (exact) mass is 243 g/mol. The van der Waals surface area contributed by atoms with Crippen molar-refractivity contribution in [2.45, 2.75) is 12.5 Å².